The Labute approximate surface area is 109 Å². The Hall–Kier alpha value is -0.900. The van der Waals surface area contributed by atoms with Gasteiger partial charge in [0.05, 0.1) is 6.10 Å². The van der Waals surface area contributed by atoms with Crippen molar-refractivity contribution in [3.8, 4) is 0 Å². The fourth-order valence-corrected chi connectivity index (χ4v) is 3.37. The fraction of sp³-hybridized carbons (Fsp3) is 0.600. The van der Waals surface area contributed by atoms with Crippen molar-refractivity contribution in [2.45, 2.75) is 37.6 Å². The van der Waals surface area contributed by atoms with Crippen LogP contribution in [0.2, 0.25) is 0 Å². The average molecular weight is 246 g/mol. The van der Waals surface area contributed by atoms with E-state index in [-0.39, 0.29) is 6.10 Å². The molecule has 0 amide bonds. The van der Waals surface area contributed by atoms with E-state index in [0.29, 0.717) is 12.1 Å². The number of hydrogen-bond acceptors (Lipinski definition) is 3. The van der Waals surface area contributed by atoms with Crippen molar-refractivity contribution in [2.75, 3.05) is 20.1 Å². The van der Waals surface area contributed by atoms with E-state index in [1.807, 2.05) is 0 Å². The molecule has 3 nitrogen and oxygen atoms in total. The Morgan fingerprint density at radius 2 is 1.94 bits per heavy atom. The molecule has 1 N–H and O–H groups in total. The number of fused-ring (bicyclic) bond motifs is 4. The average Bonchev–Trinajstić information content (AvgIpc) is 2.61. The van der Waals surface area contributed by atoms with E-state index in [0.717, 1.165) is 32.5 Å². The largest absolute Gasteiger partial charge is 0.391 e. The second-order valence-corrected chi connectivity index (χ2v) is 5.72. The lowest BCUT2D eigenvalue weighted by Crippen LogP contribution is -2.57. The summed E-state index contributed by atoms with van der Waals surface area (Å²) in [6.45, 7) is 3.11. The Kier molecular flexibility index (Phi) is 3.37. The van der Waals surface area contributed by atoms with Crippen molar-refractivity contribution in [3.05, 3.63) is 35.9 Å². The lowest BCUT2D eigenvalue weighted by molar-refractivity contribution is 0.00734. The highest BCUT2D eigenvalue weighted by Gasteiger charge is 2.39. The maximum atomic E-state index is 10.2. The first-order valence-electron chi connectivity index (χ1n) is 6.90. The number of aliphatic hydroxyl groups is 1. The van der Waals surface area contributed by atoms with E-state index in [4.69, 9.17) is 0 Å². The molecule has 0 aliphatic carbocycles. The summed E-state index contributed by atoms with van der Waals surface area (Å²) in [5, 5.41) is 10.2. The molecule has 3 aliphatic rings. The van der Waals surface area contributed by atoms with Gasteiger partial charge < -0.3 is 5.11 Å². The summed E-state index contributed by atoms with van der Waals surface area (Å²) < 4.78 is 0. The zero-order valence-corrected chi connectivity index (χ0v) is 11.0. The quantitative estimate of drug-likeness (QED) is 0.853. The van der Waals surface area contributed by atoms with Crippen LogP contribution in [0.4, 0.5) is 0 Å². The van der Waals surface area contributed by atoms with E-state index in [2.05, 4.69) is 47.2 Å². The minimum absolute atomic E-state index is 0.152. The number of benzene rings is 1. The molecule has 0 spiro atoms. The second-order valence-electron chi connectivity index (χ2n) is 5.72. The van der Waals surface area contributed by atoms with Crippen molar-refractivity contribution in [1.82, 2.24) is 9.80 Å². The highest BCUT2D eigenvalue weighted by molar-refractivity contribution is 5.15. The topological polar surface area (TPSA) is 26.7 Å². The molecular weight excluding hydrogens is 224 g/mol. The van der Waals surface area contributed by atoms with Crippen LogP contribution in [0.5, 0.6) is 0 Å². The minimum Gasteiger partial charge on any atom is -0.391 e. The van der Waals surface area contributed by atoms with Crippen molar-refractivity contribution in [2.24, 2.45) is 0 Å². The molecule has 3 heterocycles. The molecule has 4 rings (SSSR count). The van der Waals surface area contributed by atoms with Gasteiger partial charge in [-0.1, -0.05) is 30.3 Å². The van der Waals surface area contributed by atoms with Crippen molar-refractivity contribution >= 4 is 0 Å². The summed E-state index contributed by atoms with van der Waals surface area (Å²) in [7, 11) is 2.14. The van der Waals surface area contributed by atoms with Gasteiger partial charge in [-0.15, -0.1) is 0 Å². The van der Waals surface area contributed by atoms with Crippen molar-refractivity contribution < 1.29 is 5.11 Å². The summed E-state index contributed by atoms with van der Waals surface area (Å²) in [5.74, 6) is 0. The standard InChI is InChI=1S/C15H22N2O/c1-16-10-13-7-8-15(18)14(16)11-17(13)9-12-5-3-2-4-6-12/h2-6,13-15,18H,7-11H2,1H3/t13?,14?,15-/m0/s1. The molecule has 0 saturated carbocycles. The van der Waals surface area contributed by atoms with Gasteiger partial charge in [0, 0.05) is 31.7 Å². The van der Waals surface area contributed by atoms with Crippen LogP contribution in [0, 0.1) is 0 Å². The Morgan fingerprint density at radius 1 is 1.17 bits per heavy atom. The molecule has 3 heteroatoms. The zero-order valence-electron chi connectivity index (χ0n) is 11.0. The minimum atomic E-state index is -0.152. The number of likely N-dealkylation sites (N-methyl/N-ethyl adjacent to an activating group) is 1. The van der Waals surface area contributed by atoms with Gasteiger partial charge in [-0.25, -0.2) is 0 Å². The molecule has 0 radical (unpaired) electrons. The van der Waals surface area contributed by atoms with Crippen LogP contribution in [-0.2, 0) is 6.54 Å². The lowest BCUT2D eigenvalue weighted by Gasteiger charge is -2.43. The van der Waals surface area contributed by atoms with Crippen LogP contribution in [-0.4, -0.2) is 53.2 Å². The predicted molar refractivity (Wildman–Crippen MR) is 72.3 cm³/mol. The maximum absolute atomic E-state index is 10.2. The Morgan fingerprint density at radius 3 is 2.72 bits per heavy atom. The van der Waals surface area contributed by atoms with Crippen molar-refractivity contribution in [3.63, 3.8) is 0 Å². The van der Waals surface area contributed by atoms with Gasteiger partial charge in [-0.05, 0) is 25.5 Å². The highest BCUT2D eigenvalue weighted by Crippen LogP contribution is 2.28. The molecule has 1 aromatic carbocycles. The van der Waals surface area contributed by atoms with E-state index >= 15 is 0 Å². The Balaban J connectivity index is 1.75. The van der Waals surface area contributed by atoms with E-state index in [1.165, 1.54) is 5.56 Å². The number of hydrogen-bond donors (Lipinski definition) is 1. The number of nitrogens with zero attached hydrogens (tertiary/aromatic N) is 2. The Bertz CT molecular complexity index is 391. The summed E-state index contributed by atoms with van der Waals surface area (Å²) in [4.78, 5) is 4.89. The number of rotatable bonds is 2. The molecule has 3 aliphatic heterocycles. The molecular formula is C15H22N2O. The van der Waals surface area contributed by atoms with E-state index in [1.54, 1.807) is 0 Å². The van der Waals surface area contributed by atoms with Gasteiger partial charge >= 0.3 is 0 Å². The zero-order chi connectivity index (χ0) is 12.5. The highest BCUT2D eigenvalue weighted by atomic mass is 16.3. The first-order chi connectivity index (χ1) is 8.74. The van der Waals surface area contributed by atoms with Crippen LogP contribution in [0.3, 0.4) is 0 Å². The molecule has 2 unspecified atom stereocenters. The summed E-state index contributed by atoms with van der Waals surface area (Å²) in [6.07, 6.45) is 1.92. The van der Waals surface area contributed by atoms with Gasteiger partial charge in [0.1, 0.15) is 0 Å². The molecule has 18 heavy (non-hydrogen) atoms. The summed E-state index contributed by atoms with van der Waals surface area (Å²) >= 11 is 0. The van der Waals surface area contributed by atoms with Crippen molar-refractivity contribution in [1.29, 1.82) is 0 Å². The number of piperazine rings is 1. The van der Waals surface area contributed by atoms with Crippen LogP contribution in [0.1, 0.15) is 18.4 Å². The SMILES string of the molecule is CN1CC2CC[C@H](O)C1CN2Cc1ccccc1. The maximum Gasteiger partial charge on any atom is 0.0708 e. The van der Waals surface area contributed by atoms with E-state index < -0.39 is 0 Å². The molecule has 3 saturated heterocycles. The second kappa shape index (κ2) is 5.00. The molecule has 1 aromatic rings. The normalized spacial score (nSPS) is 33.6. The molecule has 2 bridgehead atoms. The van der Waals surface area contributed by atoms with E-state index in [9.17, 15) is 5.11 Å². The van der Waals surface area contributed by atoms with Gasteiger partial charge in [0.2, 0.25) is 0 Å². The molecule has 98 valence electrons. The molecule has 0 aromatic heterocycles. The monoisotopic (exact) mass is 246 g/mol. The number of aliphatic hydroxyl groups excluding tert-OH is 1. The summed E-state index contributed by atoms with van der Waals surface area (Å²) in [5.41, 5.74) is 1.38. The summed E-state index contributed by atoms with van der Waals surface area (Å²) in [6, 6.07) is 11.6. The van der Waals surface area contributed by atoms with Crippen LogP contribution >= 0.6 is 0 Å². The van der Waals surface area contributed by atoms with Gasteiger partial charge in [-0.2, -0.15) is 0 Å². The lowest BCUT2D eigenvalue weighted by atomic mass is 10.1. The molecule has 3 atom stereocenters. The predicted octanol–water partition coefficient (Wildman–Crippen LogP) is 1.33. The smallest absolute Gasteiger partial charge is 0.0708 e. The fourth-order valence-electron chi connectivity index (χ4n) is 3.37. The molecule has 3 fully saturated rings. The van der Waals surface area contributed by atoms with Crippen LogP contribution in [0.15, 0.2) is 30.3 Å². The first-order valence-corrected chi connectivity index (χ1v) is 6.90. The van der Waals surface area contributed by atoms with Gasteiger partial charge in [-0.3, -0.25) is 9.80 Å². The first kappa shape index (κ1) is 12.2. The van der Waals surface area contributed by atoms with Crippen LogP contribution in [0.25, 0.3) is 0 Å². The van der Waals surface area contributed by atoms with Gasteiger partial charge in [0.15, 0.2) is 0 Å². The van der Waals surface area contributed by atoms with Gasteiger partial charge in [0.25, 0.3) is 0 Å². The van der Waals surface area contributed by atoms with Crippen LogP contribution < -0.4 is 0 Å². The third-order valence-corrected chi connectivity index (χ3v) is 4.47. The third-order valence-electron chi connectivity index (χ3n) is 4.47. The third kappa shape index (κ3) is 2.30.